The molecule has 1 saturated carbocycles. The van der Waals surface area contributed by atoms with E-state index in [-0.39, 0.29) is 17.6 Å². The van der Waals surface area contributed by atoms with Crippen molar-refractivity contribution in [2.75, 3.05) is 5.32 Å². The van der Waals surface area contributed by atoms with E-state index in [1.54, 1.807) is 18.3 Å². The fourth-order valence-corrected chi connectivity index (χ4v) is 3.69. The van der Waals surface area contributed by atoms with Crippen LogP contribution in [0, 0.1) is 5.92 Å². The van der Waals surface area contributed by atoms with Crippen molar-refractivity contribution in [2.24, 2.45) is 5.92 Å². The van der Waals surface area contributed by atoms with Crippen molar-refractivity contribution in [3.63, 3.8) is 0 Å². The number of carbonyl (C=O) groups excluding carboxylic acids is 1. The highest BCUT2D eigenvalue weighted by Gasteiger charge is 2.27. The molecule has 116 valence electrons. The van der Waals surface area contributed by atoms with Gasteiger partial charge in [-0.3, -0.25) is 4.79 Å². The zero-order chi connectivity index (χ0) is 15.4. The zero-order valence-electron chi connectivity index (χ0n) is 12.4. The van der Waals surface area contributed by atoms with Crippen LogP contribution in [0.4, 0.5) is 5.13 Å². The highest BCUT2D eigenvalue weighted by molar-refractivity contribution is 7.13. The van der Waals surface area contributed by atoms with E-state index >= 15 is 0 Å². The van der Waals surface area contributed by atoms with Gasteiger partial charge in [0.1, 0.15) is 5.75 Å². The number of phenols is 1. The minimum atomic E-state index is -0.187. The number of aromatic hydroxyl groups is 1. The van der Waals surface area contributed by atoms with Crippen molar-refractivity contribution in [2.45, 2.75) is 38.0 Å². The number of amides is 1. The van der Waals surface area contributed by atoms with Crippen LogP contribution in [0.3, 0.4) is 0 Å². The molecule has 1 fully saturated rings. The summed E-state index contributed by atoms with van der Waals surface area (Å²) in [5.74, 6) is 0.643. The lowest BCUT2D eigenvalue weighted by molar-refractivity contribution is -0.118. The lowest BCUT2D eigenvalue weighted by Gasteiger charge is -2.20. The quantitative estimate of drug-likeness (QED) is 0.871. The summed E-state index contributed by atoms with van der Waals surface area (Å²) in [5, 5.41) is 14.9. The van der Waals surface area contributed by atoms with Gasteiger partial charge in [-0.2, -0.15) is 0 Å². The Labute approximate surface area is 134 Å². The second kappa shape index (κ2) is 6.92. The van der Waals surface area contributed by atoms with Gasteiger partial charge in [0.25, 0.3) is 0 Å². The van der Waals surface area contributed by atoms with Gasteiger partial charge in [-0.15, -0.1) is 11.3 Å². The van der Waals surface area contributed by atoms with Crippen molar-refractivity contribution in [3.8, 4) is 5.75 Å². The number of phenolic OH excluding ortho intramolecular Hbond substituents is 1. The summed E-state index contributed by atoms with van der Waals surface area (Å²) in [6, 6.07) is 6.98. The molecule has 4 nitrogen and oxygen atoms in total. The van der Waals surface area contributed by atoms with Gasteiger partial charge in [-0.25, -0.2) is 4.98 Å². The summed E-state index contributed by atoms with van der Waals surface area (Å²) in [7, 11) is 0. The average molecular weight is 316 g/mol. The predicted octanol–water partition coefficient (Wildman–Crippen LogP) is 4.15. The van der Waals surface area contributed by atoms with Crippen LogP contribution >= 0.6 is 11.3 Å². The van der Waals surface area contributed by atoms with Crippen LogP contribution in [-0.4, -0.2) is 16.0 Å². The first kappa shape index (κ1) is 15.0. The molecule has 1 aliphatic carbocycles. The highest BCUT2D eigenvalue weighted by atomic mass is 32.1. The van der Waals surface area contributed by atoms with E-state index in [0.29, 0.717) is 11.0 Å². The molecule has 0 aliphatic heterocycles. The topological polar surface area (TPSA) is 62.2 Å². The van der Waals surface area contributed by atoms with Crippen LogP contribution in [0.1, 0.15) is 43.6 Å². The maximum absolute atomic E-state index is 12.7. The minimum Gasteiger partial charge on any atom is -0.508 e. The molecule has 0 spiro atoms. The van der Waals surface area contributed by atoms with Gasteiger partial charge in [0.05, 0.1) is 5.92 Å². The monoisotopic (exact) mass is 316 g/mol. The van der Waals surface area contributed by atoms with Crippen molar-refractivity contribution in [1.29, 1.82) is 0 Å². The normalized spacial score (nSPS) is 16.5. The Morgan fingerprint density at radius 1 is 1.32 bits per heavy atom. The van der Waals surface area contributed by atoms with Crippen molar-refractivity contribution in [1.82, 2.24) is 4.98 Å². The van der Waals surface area contributed by atoms with Crippen LogP contribution in [0.2, 0.25) is 0 Å². The van der Waals surface area contributed by atoms with Crippen LogP contribution in [-0.2, 0) is 4.79 Å². The fourth-order valence-electron chi connectivity index (χ4n) is 3.16. The number of hydrogen-bond donors (Lipinski definition) is 2. The highest BCUT2D eigenvalue weighted by Crippen LogP contribution is 2.35. The predicted molar refractivity (Wildman–Crippen MR) is 88.2 cm³/mol. The summed E-state index contributed by atoms with van der Waals surface area (Å²) >= 11 is 1.43. The van der Waals surface area contributed by atoms with E-state index in [4.69, 9.17) is 0 Å². The first-order valence-electron chi connectivity index (χ1n) is 7.71. The second-order valence-corrected chi connectivity index (χ2v) is 6.75. The number of benzene rings is 1. The van der Waals surface area contributed by atoms with Gasteiger partial charge in [-0.1, -0.05) is 37.8 Å². The molecule has 1 unspecified atom stereocenters. The van der Waals surface area contributed by atoms with Gasteiger partial charge in [0.2, 0.25) is 5.91 Å². The number of anilines is 1. The molecule has 0 saturated heterocycles. The third kappa shape index (κ3) is 3.65. The van der Waals surface area contributed by atoms with Crippen molar-refractivity contribution in [3.05, 3.63) is 41.4 Å². The third-order valence-corrected chi connectivity index (χ3v) is 5.01. The molecular formula is C17H20N2O2S. The molecule has 1 atom stereocenters. The van der Waals surface area contributed by atoms with E-state index in [0.717, 1.165) is 12.0 Å². The maximum atomic E-state index is 12.7. The molecule has 1 aromatic heterocycles. The Morgan fingerprint density at radius 2 is 2.05 bits per heavy atom. The Morgan fingerprint density at radius 3 is 2.68 bits per heavy atom. The lowest BCUT2D eigenvalue weighted by Crippen LogP contribution is -2.23. The number of nitrogens with one attached hydrogen (secondary N) is 1. The second-order valence-electron chi connectivity index (χ2n) is 5.86. The zero-order valence-corrected chi connectivity index (χ0v) is 13.2. The molecule has 0 bridgehead atoms. The first-order valence-corrected chi connectivity index (χ1v) is 8.59. The van der Waals surface area contributed by atoms with E-state index in [1.165, 1.54) is 37.0 Å². The molecule has 1 aromatic carbocycles. The Hall–Kier alpha value is -1.88. The molecule has 1 heterocycles. The summed E-state index contributed by atoms with van der Waals surface area (Å²) in [6.07, 6.45) is 7.50. The number of carbonyl (C=O) groups is 1. The number of nitrogens with zero attached hydrogens (tertiary/aromatic N) is 1. The van der Waals surface area contributed by atoms with Crippen LogP contribution < -0.4 is 5.32 Å². The fraction of sp³-hybridized carbons (Fsp3) is 0.412. The maximum Gasteiger partial charge on any atom is 0.233 e. The van der Waals surface area contributed by atoms with Crippen LogP contribution in [0.5, 0.6) is 5.75 Å². The van der Waals surface area contributed by atoms with Gasteiger partial charge in [-0.05, 0) is 30.0 Å². The molecule has 5 heteroatoms. The third-order valence-electron chi connectivity index (χ3n) is 4.32. The standard InChI is InChI=1S/C17H20N2O2S/c20-14-7-5-13(6-8-14)15(11-12-3-1-2-4-12)16(21)19-17-18-9-10-22-17/h5-10,12,15,20H,1-4,11H2,(H,18,19,21). The number of aromatic nitrogens is 1. The molecule has 3 rings (SSSR count). The summed E-state index contributed by atoms with van der Waals surface area (Å²) in [4.78, 5) is 16.8. The Kier molecular flexibility index (Phi) is 4.73. The average Bonchev–Trinajstić information content (AvgIpc) is 3.19. The van der Waals surface area contributed by atoms with E-state index in [9.17, 15) is 9.90 Å². The summed E-state index contributed by atoms with van der Waals surface area (Å²) in [5.41, 5.74) is 0.957. The molecule has 1 aliphatic rings. The molecule has 1 amide bonds. The Balaban J connectivity index is 1.77. The number of rotatable bonds is 5. The van der Waals surface area contributed by atoms with Crippen molar-refractivity contribution >= 4 is 22.4 Å². The molecule has 2 aromatic rings. The van der Waals surface area contributed by atoms with Gasteiger partial charge >= 0.3 is 0 Å². The van der Waals surface area contributed by atoms with E-state index in [2.05, 4.69) is 10.3 Å². The Bertz CT molecular complexity index is 604. The molecule has 2 N–H and O–H groups in total. The summed E-state index contributed by atoms with van der Waals surface area (Å²) < 4.78 is 0. The van der Waals surface area contributed by atoms with Gasteiger partial charge in [0.15, 0.2) is 5.13 Å². The van der Waals surface area contributed by atoms with Crippen LogP contribution in [0.25, 0.3) is 0 Å². The number of hydrogen-bond acceptors (Lipinski definition) is 4. The van der Waals surface area contributed by atoms with Gasteiger partial charge in [0, 0.05) is 11.6 Å². The molecule has 0 radical (unpaired) electrons. The van der Waals surface area contributed by atoms with E-state index in [1.807, 2.05) is 17.5 Å². The summed E-state index contributed by atoms with van der Waals surface area (Å²) in [6.45, 7) is 0. The van der Waals surface area contributed by atoms with Gasteiger partial charge < -0.3 is 10.4 Å². The minimum absolute atomic E-state index is 0.00691. The largest absolute Gasteiger partial charge is 0.508 e. The first-order chi connectivity index (χ1) is 10.7. The van der Waals surface area contributed by atoms with Crippen LogP contribution in [0.15, 0.2) is 35.8 Å². The van der Waals surface area contributed by atoms with E-state index < -0.39 is 0 Å². The molecular weight excluding hydrogens is 296 g/mol. The lowest BCUT2D eigenvalue weighted by atomic mass is 9.87. The van der Waals surface area contributed by atoms with Crippen molar-refractivity contribution < 1.29 is 9.90 Å². The SMILES string of the molecule is O=C(Nc1nccs1)C(CC1CCCC1)c1ccc(O)cc1. The molecule has 22 heavy (non-hydrogen) atoms. The number of thiazole rings is 1. The smallest absolute Gasteiger partial charge is 0.233 e.